The van der Waals surface area contributed by atoms with Crippen molar-refractivity contribution in [3.63, 3.8) is 0 Å². The summed E-state index contributed by atoms with van der Waals surface area (Å²) in [4.78, 5) is 0. The van der Waals surface area contributed by atoms with Gasteiger partial charge in [0, 0.05) is 0 Å². The number of fused-ring (bicyclic) bond motifs is 2. The second-order valence-electron chi connectivity index (χ2n) is 6.08. The Labute approximate surface area is 137 Å². The Morgan fingerprint density at radius 1 is 0.783 bits per heavy atom. The summed E-state index contributed by atoms with van der Waals surface area (Å²) in [6.07, 6.45) is 8.29. The Bertz CT molecular complexity index is 1010. The molecule has 0 amide bonds. The van der Waals surface area contributed by atoms with Crippen LogP contribution in [0.4, 0.5) is 0 Å². The number of hydrogen-bond acceptors (Lipinski definition) is 0. The van der Waals surface area contributed by atoms with Crippen LogP contribution in [0, 0.1) is 13.8 Å². The predicted octanol–water partition coefficient (Wildman–Crippen LogP) is 6.32. The number of benzene rings is 3. The van der Waals surface area contributed by atoms with Gasteiger partial charge in [-0.05, 0) is 70.2 Å². The van der Waals surface area contributed by atoms with E-state index in [-0.39, 0.29) is 0 Å². The molecule has 4 rings (SSSR count). The second-order valence-corrected chi connectivity index (χ2v) is 6.08. The van der Waals surface area contributed by atoms with E-state index in [4.69, 9.17) is 0 Å². The first-order valence-electron chi connectivity index (χ1n) is 7.97. The van der Waals surface area contributed by atoms with E-state index in [2.05, 4.69) is 86.3 Å². The number of allylic oxidation sites excluding steroid dienone is 2. The maximum Gasteiger partial charge on any atom is -0.00252 e. The summed E-state index contributed by atoms with van der Waals surface area (Å²) in [5.74, 6) is 0. The van der Waals surface area contributed by atoms with E-state index in [0.717, 1.165) is 0 Å². The average Bonchev–Trinajstić information content (AvgIpc) is 2.81. The third-order valence-corrected chi connectivity index (χ3v) is 4.57. The molecule has 0 N–H and O–H groups in total. The van der Waals surface area contributed by atoms with E-state index in [1.165, 1.54) is 44.2 Å². The molecule has 1 aliphatic rings. The summed E-state index contributed by atoms with van der Waals surface area (Å²) in [7, 11) is 0. The molecule has 0 nitrogen and oxygen atoms in total. The lowest BCUT2D eigenvalue weighted by atomic mass is 9.86. The molecule has 0 aromatic heterocycles. The van der Waals surface area contributed by atoms with Gasteiger partial charge in [-0.15, -0.1) is 5.73 Å². The van der Waals surface area contributed by atoms with Crippen molar-refractivity contribution >= 4 is 22.9 Å². The molecule has 0 heteroatoms. The van der Waals surface area contributed by atoms with E-state index < -0.39 is 0 Å². The van der Waals surface area contributed by atoms with Crippen molar-refractivity contribution in [2.24, 2.45) is 0 Å². The Balaban J connectivity index is 2.17. The van der Waals surface area contributed by atoms with Crippen LogP contribution < -0.4 is 0 Å². The minimum atomic E-state index is 1.25. The van der Waals surface area contributed by atoms with Crippen LogP contribution in [0.2, 0.25) is 0 Å². The van der Waals surface area contributed by atoms with Gasteiger partial charge in [0.05, 0.1) is 0 Å². The molecule has 0 spiro atoms. The number of aryl methyl sites for hydroxylation is 2. The van der Waals surface area contributed by atoms with Crippen LogP contribution in [-0.4, -0.2) is 0 Å². The quantitative estimate of drug-likeness (QED) is 0.461. The molecule has 0 unspecified atom stereocenters. The van der Waals surface area contributed by atoms with Crippen molar-refractivity contribution < 1.29 is 0 Å². The minimum Gasteiger partial charge on any atom is -0.120 e. The van der Waals surface area contributed by atoms with Crippen LogP contribution in [-0.2, 0) is 0 Å². The Morgan fingerprint density at radius 3 is 2.48 bits per heavy atom. The van der Waals surface area contributed by atoms with Gasteiger partial charge in [-0.1, -0.05) is 60.7 Å². The van der Waals surface area contributed by atoms with Gasteiger partial charge in [0.2, 0.25) is 0 Å². The molecule has 0 aliphatic heterocycles. The smallest absolute Gasteiger partial charge is 0.00252 e. The monoisotopic (exact) mass is 294 g/mol. The van der Waals surface area contributed by atoms with E-state index in [0.29, 0.717) is 0 Å². The molecule has 0 atom stereocenters. The minimum absolute atomic E-state index is 1.25. The Hall–Kier alpha value is -2.82. The molecular formula is C23H18. The van der Waals surface area contributed by atoms with Crippen LogP contribution in [0.15, 0.2) is 66.4 Å². The molecule has 3 aromatic carbocycles. The van der Waals surface area contributed by atoms with Gasteiger partial charge in [0.1, 0.15) is 0 Å². The third kappa shape index (κ3) is 2.25. The molecule has 0 bridgehead atoms. The van der Waals surface area contributed by atoms with Gasteiger partial charge in [-0.2, -0.15) is 0 Å². The predicted molar refractivity (Wildman–Crippen MR) is 100 cm³/mol. The van der Waals surface area contributed by atoms with Gasteiger partial charge in [-0.25, -0.2) is 0 Å². The highest BCUT2D eigenvalue weighted by molar-refractivity contribution is 6.01. The first-order valence-corrected chi connectivity index (χ1v) is 7.97. The van der Waals surface area contributed by atoms with Gasteiger partial charge < -0.3 is 0 Å². The summed E-state index contributed by atoms with van der Waals surface area (Å²) in [6, 6.07) is 17.5. The van der Waals surface area contributed by atoms with Crippen LogP contribution >= 0.6 is 0 Å². The van der Waals surface area contributed by atoms with Crippen molar-refractivity contribution in [1.29, 1.82) is 0 Å². The first-order chi connectivity index (χ1) is 11.3. The highest BCUT2D eigenvalue weighted by atomic mass is 14.2. The summed E-state index contributed by atoms with van der Waals surface area (Å²) in [5.41, 5.74) is 11.1. The molecule has 0 saturated heterocycles. The van der Waals surface area contributed by atoms with E-state index in [1.54, 1.807) is 0 Å². The topological polar surface area (TPSA) is 0 Å². The van der Waals surface area contributed by atoms with Crippen LogP contribution in [0.1, 0.15) is 22.3 Å². The maximum atomic E-state index is 3.27. The average molecular weight is 294 g/mol. The van der Waals surface area contributed by atoms with Crippen LogP contribution in [0.25, 0.3) is 34.1 Å². The summed E-state index contributed by atoms with van der Waals surface area (Å²) >= 11 is 0. The molecule has 0 saturated carbocycles. The van der Waals surface area contributed by atoms with Crippen molar-refractivity contribution in [2.75, 3.05) is 0 Å². The third-order valence-electron chi connectivity index (χ3n) is 4.57. The molecule has 0 heterocycles. The van der Waals surface area contributed by atoms with Gasteiger partial charge in [0.25, 0.3) is 0 Å². The Morgan fingerprint density at radius 2 is 1.57 bits per heavy atom. The molecule has 1 aliphatic carbocycles. The SMILES string of the molecule is Cc1ccc2c(c1-c1c(C)ccc3ccccc13)C=C=CC=C2. The largest absolute Gasteiger partial charge is 0.120 e. The zero-order valence-corrected chi connectivity index (χ0v) is 13.4. The zero-order chi connectivity index (χ0) is 15.8. The lowest BCUT2D eigenvalue weighted by Gasteiger charge is -2.17. The number of rotatable bonds is 1. The van der Waals surface area contributed by atoms with E-state index in [1.807, 2.05) is 6.08 Å². The lowest BCUT2D eigenvalue weighted by molar-refractivity contribution is 1.41. The fourth-order valence-corrected chi connectivity index (χ4v) is 3.43. The van der Waals surface area contributed by atoms with Crippen molar-refractivity contribution in [1.82, 2.24) is 0 Å². The van der Waals surface area contributed by atoms with Crippen molar-refractivity contribution in [3.8, 4) is 11.1 Å². The summed E-state index contributed by atoms with van der Waals surface area (Å²) in [5, 5.41) is 2.60. The fourth-order valence-electron chi connectivity index (χ4n) is 3.43. The van der Waals surface area contributed by atoms with Crippen molar-refractivity contribution in [3.05, 3.63) is 88.7 Å². The van der Waals surface area contributed by atoms with E-state index >= 15 is 0 Å². The summed E-state index contributed by atoms with van der Waals surface area (Å²) < 4.78 is 0. The standard InChI is InChI=1S/C23H18/c1-16-12-14-18-8-4-3-5-10-20(18)22(16)23-17(2)13-15-19-9-6-7-11-21(19)23/h3-4,6-15H,1-2H3. The fraction of sp³-hybridized carbons (Fsp3) is 0.0870. The normalized spacial score (nSPS) is 12.4. The molecule has 110 valence electrons. The van der Waals surface area contributed by atoms with Gasteiger partial charge in [0.15, 0.2) is 0 Å². The number of hydrogen-bond donors (Lipinski definition) is 0. The summed E-state index contributed by atoms with van der Waals surface area (Å²) in [6.45, 7) is 4.40. The Kier molecular flexibility index (Phi) is 3.26. The van der Waals surface area contributed by atoms with Crippen molar-refractivity contribution in [2.45, 2.75) is 13.8 Å². The highest BCUT2D eigenvalue weighted by Crippen LogP contribution is 2.38. The first kappa shape index (κ1) is 13.8. The van der Waals surface area contributed by atoms with Crippen LogP contribution in [0.3, 0.4) is 0 Å². The van der Waals surface area contributed by atoms with Gasteiger partial charge >= 0.3 is 0 Å². The van der Waals surface area contributed by atoms with E-state index in [9.17, 15) is 0 Å². The van der Waals surface area contributed by atoms with Gasteiger partial charge in [-0.3, -0.25) is 0 Å². The molecule has 0 radical (unpaired) electrons. The molecule has 0 fully saturated rings. The maximum absolute atomic E-state index is 3.27. The highest BCUT2D eigenvalue weighted by Gasteiger charge is 2.15. The molecule has 3 aromatic rings. The molecular weight excluding hydrogens is 276 g/mol. The lowest BCUT2D eigenvalue weighted by Crippen LogP contribution is -1.95. The second kappa shape index (κ2) is 5.43. The zero-order valence-electron chi connectivity index (χ0n) is 13.4. The molecule has 23 heavy (non-hydrogen) atoms. The van der Waals surface area contributed by atoms with Crippen LogP contribution in [0.5, 0.6) is 0 Å².